The van der Waals surface area contributed by atoms with E-state index < -0.39 is 0 Å². The van der Waals surface area contributed by atoms with E-state index in [4.69, 9.17) is 0 Å². The molecule has 2 rings (SSSR count). The Morgan fingerprint density at radius 1 is 0.941 bits per heavy atom. The summed E-state index contributed by atoms with van der Waals surface area (Å²) in [4.78, 5) is 0. The molecule has 2 fully saturated rings. The fourth-order valence-corrected chi connectivity index (χ4v) is 4.01. The Labute approximate surface area is 107 Å². The highest BCUT2D eigenvalue weighted by Gasteiger charge is 2.41. The molecule has 3 atom stereocenters. The maximum absolute atomic E-state index is 11.0. The fraction of sp³-hybridized carbons (Fsp3) is 1.00. The van der Waals surface area contributed by atoms with Crippen LogP contribution in [0, 0.1) is 17.3 Å². The van der Waals surface area contributed by atoms with Crippen molar-refractivity contribution in [2.45, 2.75) is 84.2 Å². The molecule has 0 aromatic rings. The highest BCUT2D eigenvalue weighted by atomic mass is 16.3. The second kappa shape index (κ2) is 4.91. The monoisotopic (exact) mass is 238 g/mol. The van der Waals surface area contributed by atoms with E-state index in [0.717, 1.165) is 18.8 Å². The van der Waals surface area contributed by atoms with Crippen molar-refractivity contribution in [2.75, 3.05) is 0 Å². The Morgan fingerprint density at radius 2 is 1.71 bits per heavy atom. The molecule has 1 nitrogen and oxygen atoms in total. The first kappa shape index (κ1) is 13.4. The Hall–Kier alpha value is -0.0400. The van der Waals surface area contributed by atoms with Gasteiger partial charge in [-0.2, -0.15) is 0 Å². The van der Waals surface area contributed by atoms with Gasteiger partial charge in [-0.15, -0.1) is 0 Å². The van der Waals surface area contributed by atoms with Gasteiger partial charge in [-0.3, -0.25) is 0 Å². The fourth-order valence-electron chi connectivity index (χ4n) is 4.01. The molecule has 2 aliphatic carbocycles. The summed E-state index contributed by atoms with van der Waals surface area (Å²) in [5.74, 6) is 1.41. The first-order valence-electron chi connectivity index (χ1n) is 7.64. The van der Waals surface area contributed by atoms with Gasteiger partial charge in [-0.1, -0.05) is 40.0 Å². The van der Waals surface area contributed by atoms with Crippen molar-refractivity contribution in [3.8, 4) is 0 Å². The normalized spacial score (nSPS) is 43.1. The van der Waals surface area contributed by atoms with Crippen LogP contribution in [0.2, 0.25) is 0 Å². The van der Waals surface area contributed by atoms with Crippen molar-refractivity contribution in [1.82, 2.24) is 0 Å². The van der Waals surface area contributed by atoms with Crippen molar-refractivity contribution in [3.63, 3.8) is 0 Å². The van der Waals surface area contributed by atoms with Gasteiger partial charge in [0.2, 0.25) is 0 Å². The molecule has 0 heterocycles. The Bertz CT molecular complexity index is 258. The molecule has 0 aromatic heterocycles. The zero-order chi connectivity index (χ0) is 12.5. The molecule has 1 N–H and O–H groups in total. The van der Waals surface area contributed by atoms with Crippen LogP contribution in [-0.2, 0) is 0 Å². The van der Waals surface area contributed by atoms with Crippen molar-refractivity contribution in [2.24, 2.45) is 17.3 Å². The Morgan fingerprint density at radius 3 is 2.41 bits per heavy atom. The van der Waals surface area contributed by atoms with E-state index in [1.165, 1.54) is 44.9 Å². The summed E-state index contributed by atoms with van der Waals surface area (Å²) in [5.41, 5.74) is 0.118. The highest BCUT2D eigenvalue weighted by Crippen LogP contribution is 2.45. The second-order valence-electron chi connectivity index (χ2n) is 7.59. The third-order valence-electron chi connectivity index (χ3n) is 5.39. The number of hydrogen-bond acceptors (Lipinski definition) is 1. The SMILES string of the molecule is CC1CCCC(C2(O)CCCC(C)(C)CC2)C1. The van der Waals surface area contributed by atoms with Crippen molar-refractivity contribution in [1.29, 1.82) is 0 Å². The minimum absolute atomic E-state index is 0.331. The highest BCUT2D eigenvalue weighted by molar-refractivity contribution is 4.93. The van der Waals surface area contributed by atoms with Crippen LogP contribution in [0.25, 0.3) is 0 Å². The third-order valence-corrected chi connectivity index (χ3v) is 5.39. The van der Waals surface area contributed by atoms with E-state index >= 15 is 0 Å². The maximum atomic E-state index is 11.0. The summed E-state index contributed by atoms with van der Waals surface area (Å²) in [6.45, 7) is 7.08. The second-order valence-corrected chi connectivity index (χ2v) is 7.59. The molecular weight excluding hydrogens is 208 g/mol. The van der Waals surface area contributed by atoms with Crippen molar-refractivity contribution in [3.05, 3.63) is 0 Å². The van der Waals surface area contributed by atoms with E-state index in [0.29, 0.717) is 11.3 Å². The minimum atomic E-state index is -0.331. The minimum Gasteiger partial charge on any atom is -0.390 e. The molecule has 3 unspecified atom stereocenters. The van der Waals surface area contributed by atoms with Gasteiger partial charge in [0.05, 0.1) is 5.60 Å². The first-order valence-corrected chi connectivity index (χ1v) is 7.64. The van der Waals surface area contributed by atoms with Crippen molar-refractivity contribution >= 4 is 0 Å². The largest absolute Gasteiger partial charge is 0.390 e. The zero-order valence-corrected chi connectivity index (χ0v) is 12.0. The number of rotatable bonds is 1. The first-order chi connectivity index (χ1) is 7.91. The van der Waals surface area contributed by atoms with E-state index in [9.17, 15) is 5.11 Å². The molecule has 1 heteroatoms. The molecule has 0 amide bonds. The lowest BCUT2D eigenvalue weighted by atomic mass is 9.70. The summed E-state index contributed by atoms with van der Waals surface area (Å²) in [7, 11) is 0. The van der Waals surface area contributed by atoms with Gasteiger partial charge in [0, 0.05) is 0 Å². The lowest BCUT2D eigenvalue weighted by molar-refractivity contribution is -0.0535. The van der Waals surface area contributed by atoms with Gasteiger partial charge >= 0.3 is 0 Å². The van der Waals surface area contributed by atoms with Crippen LogP contribution in [0.4, 0.5) is 0 Å². The standard InChI is InChI=1S/C16H30O/c1-13-6-4-7-14(12-13)16(17)9-5-8-15(2,3)10-11-16/h13-14,17H,4-12H2,1-3H3. The average molecular weight is 238 g/mol. The molecule has 0 radical (unpaired) electrons. The predicted molar refractivity (Wildman–Crippen MR) is 72.9 cm³/mol. The number of hydrogen-bond donors (Lipinski definition) is 1. The van der Waals surface area contributed by atoms with E-state index in [2.05, 4.69) is 20.8 Å². The molecule has 0 aromatic carbocycles. The van der Waals surface area contributed by atoms with Crippen LogP contribution >= 0.6 is 0 Å². The van der Waals surface area contributed by atoms with Gasteiger partial charge in [-0.05, 0) is 55.8 Å². The average Bonchev–Trinajstić information content (AvgIpc) is 2.39. The third kappa shape index (κ3) is 3.24. The summed E-state index contributed by atoms with van der Waals surface area (Å²) >= 11 is 0. The number of aliphatic hydroxyl groups is 1. The molecule has 0 bridgehead atoms. The Kier molecular flexibility index (Phi) is 3.87. The van der Waals surface area contributed by atoms with Crippen LogP contribution < -0.4 is 0 Å². The van der Waals surface area contributed by atoms with Gasteiger partial charge in [-0.25, -0.2) is 0 Å². The van der Waals surface area contributed by atoms with Crippen LogP contribution in [0.5, 0.6) is 0 Å². The molecule has 2 saturated carbocycles. The quantitative estimate of drug-likeness (QED) is 0.665. The van der Waals surface area contributed by atoms with Gasteiger partial charge < -0.3 is 5.11 Å². The van der Waals surface area contributed by atoms with Gasteiger partial charge in [0.25, 0.3) is 0 Å². The zero-order valence-electron chi connectivity index (χ0n) is 12.0. The summed E-state index contributed by atoms with van der Waals surface area (Å²) in [6, 6.07) is 0. The van der Waals surface area contributed by atoms with Gasteiger partial charge in [0.1, 0.15) is 0 Å². The van der Waals surface area contributed by atoms with Crippen LogP contribution in [0.3, 0.4) is 0 Å². The topological polar surface area (TPSA) is 20.2 Å². The maximum Gasteiger partial charge on any atom is 0.0676 e. The van der Waals surface area contributed by atoms with Gasteiger partial charge in [0.15, 0.2) is 0 Å². The lowest BCUT2D eigenvalue weighted by Crippen LogP contribution is -2.40. The van der Waals surface area contributed by atoms with Crippen molar-refractivity contribution < 1.29 is 5.11 Å². The smallest absolute Gasteiger partial charge is 0.0676 e. The van der Waals surface area contributed by atoms with Crippen LogP contribution in [0.1, 0.15) is 78.6 Å². The molecule has 0 saturated heterocycles. The molecule has 17 heavy (non-hydrogen) atoms. The lowest BCUT2D eigenvalue weighted by Gasteiger charge is -2.40. The summed E-state index contributed by atoms with van der Waals surface area (Å²) < 4.78 is 0. The van der Waals surface area contributed by atoms with Crippen LogP contribution in [0.15, 0.2) is 0 Å². The molecule has 0 spiro atoms. The van der Waals surface area contributed by atoms with E-state index in [-0.39, 0.29) is 5.60 Å². The summed E-state index contributed by atoms with van der Waals surface area (Å²) in [6.07, 6.45) is 11.0. The van der Waals surface area contributed by atoms with E-state index in [1.807, 2.05) is 0 Å². The Balaban J connectivity index is 2.02. The van der Waals surface area contributed by atoms with E-state index in [1.54, 1.807) is 0 Å². The molecule has 2 aliphatic rings. The summed E-state index contributed by atoms with van der Waals surface area (Å²) in [5, 5.41) is 11.0. The van der Waals surface area contributed by atoms with Crippen LogP contribution in [-0.4, -0.2) is 10.7 Å². The molecular formula is C16H30O. The predicted octanol–water partition coefficient (Wildman–Crippen LogP) is 4.53. The molecule has 0 aliphatic heterocycles. The molecule has 100 valence electrons.